The van der Waals surface area contributed by atoms with Crippen LogP contribution < -0.4 is 5.32 Å². The molecule has 0 aromatic heterocycles. The molecule has 2 atom stereocenters. The molecule has 4 heteroatoms. The van der Waals surface area contributed by atoms with Crippen molar-refractivity contribution in [3.05, 3.63) is 0 Å². The molecule has 1 N–H and O–H groups in total. The number of piperidine rings is 1. The highest BCUT2D eigenvalue weighted by molar-refractivity contribution is 5.93. The number of nitrogens with one attached hydrogen (secondary N) is 1. The fourth-order valence-electron chi connectivity index (χ4n) is 2.58. The molecule has 0 radical (unpaired) electrons. The maximum atomic E-state index is 11.4. The highest BCUT2D eigenvalue weighted by Gasteiger charge is 2.79. The Labute approximate surface area is 70.9 Å². The molecule has 3 fully saturated rings. The van der Waals surface area contributed by atoms with Gasteiger partial charge < -0.3 is 15.0 Å². The van der Waals surface area contributed by atoms with Crippen LogP contribution >= 0.6 is 0 Å². The Bertz CT molecular complexity index is 268. The predicted molar refractivity (Wildman–Crippen MR) is 41.7 cm³/mol. The Morgan fingerprint density at radius 1 is 1.67 bits per heavy atom. The summed E-state index contributed by atoms with van der Waals surface area (Å²) >= 11 is 0. The SMILES string of the molecule is CN1CC[C@]23O[C@]2(CNC3=O)C1. The normalized spacial score (nSPS) is 51.2. The van der Waals surface area contributed by atoms with Crippen LogP contribution in [0.5, 0.6) is 0 Å². The number of morpholine rings is 1. The summed E-state index contributed by atoms with van der Waals surface area (Å²) in [7, 11) is 2.07. The number of nitrogens with zero attached hydrogens (tertiary/aromatic N) is 1. The van der Waals surface area contributed by atoms with Crippen LogP contribution in [0.15, 0.2) is 0 Å². The van der Waals surface area contributed by atoms with Gasteiger partial charge in [0.1, 0.15) is 5.60 Å². The van der Waals surface area contributed by atoms with E-state index in [0.717, 1.165) is 19.5 Å². The average Bonchev–Trinajstić information content (AvgIpc) is 2.63. The van der Waals surface area contributed by atoms with Gasteiger partial charge in [-0.25, -0.2) is 0 Å². The molecule has 0 aromatic carbocycles. The predicted octanol–water partition coefficient (Wildman–Crippen LogP) is -1.04. The summed E-state index contributed by atoms with van der Waals surface area (Å²) in [6.45, 7) is 2.57. The number of hydrogen-bond acceptors (Lipinski definition) is 3. The second-order valence-corrected chi connectivity index (χ2v) is 4.09. The highest BCUT2D eigenvalue weighted by atomic mass is 16.6. The zero-order chi connectivity index (χ0) is 8.40. The van der Waals surface area contributed by atoms with E-state index in [9.17, 15) is 4.79 Å². The van der Waals surface area contributed by atoms with Crippen molar-refractivity contribution in [2.75, 3.05) is 26.7 Å². The van der Waals surface area contributed by atoms with Gasteiger partial charge in [-0.15, -0.1) is 0 Å². The fourth-order valence-corrected chi connectivity index (χ4v) is 2.58. The van der Waals surface area contributed by atoms with E-state index in [1.165, 1.54) is 0 Å². The van der Waals surface area contributed by atoms with Crippen molar-refractivity contribution >= 4 is 5.91 Å². The van der Waals surface area contributed by atoms with Crippen LogP contribution in [0.4, 0.5) is 0 Å². The zero-order valence-corrected chi connectivity index (χ0v) is 7.09. The first-order valence-corrected chi connectivity index (χ1v) is 4.36. The molecule has 3 aliphatic heterocycles. The molecule has 0 spiro atoms. The van der Waals surface area contributed by atoms with E-state index in [1.54, 1.807) is 0 Å². The van der Waals surface area contributed by atoms with Gasteiger partial charge in [0, 0.05) is 19.5 Å². The van der Waals surface area contributed by atoms with Crippen molar-refractivity contribution < 1.29 is 9.53 Å². The fraction of sp³-hybridized carbons (Fsp3) is 0.875. The molecule has 0 aliphatic carbocycles. The number of hydrogen-bond donors (Lipinski definition) is 1. The van der Waals surface area contributed by atoms with Crippen molar-refractivity contribution in [1.82, 2.24) is 10.2 Å². The smallest absolute Gasteiger partial charge is 0.255 e. The maximum Gasteiger partial charge on any atom is 0.255 e. The Balaban J connectivity index is 1.96. The van der Waals surface area contributed by atoms with E-state index >= 15 is 0 Å². The largest absolute Gasteiger partial charge is 0.350 e. The molecule has 0 unspecified atom stereocenters. The van der Waals surface area contributed by atoms with Crippen molar-refractivity contribution in [3.63, 3.8) is 0 Å². The minimum atomic E-state index is -0.417. The third-order valence-corrected chi connectivity index (χ3v) is 3.34. The molecule has 12 heavy (non-hydrogen) atoms. The van der Waals surface area contributed by atoms with Gasteiger partial charge in [0.2, 0.25) is 0 Å². The number of likely N-dealkylation sites (tertiary alicyclic amines) is 1. The Morgan fingerprint density at radius 3 is 3.33 bits per heavy atom. The molecule has 3 aliphatic rings. The molecule has 0 saturated carbocycles. The number of amides is 1. The van der Waals surface area contributed by atoms with Crippen LogP contribution in [0.25, 0.3) is 0 Å². The van der Waals surface area contributed by atoms with Crippen LogP contribution in [0.3, 0.4) is 0 Å². The lowest BCUT2D eigenvalue weighted by Gasteiger charge is -2.25. The van der Waals surface area contributed by atoms with Crippen LogP contribution in [0.1, 0.15) is 6.42 Å². The topological polar surface area (TPSA) is 44.9 Å². The molecule has 3 saturated heterocycles. The number of carbonyl (C=O) groups is 1. The summed E-state index contributed by atoms with van der Waals surface area (Å²) in [4.78, 5) is 13.6. The summed E-state index contributed by atoms with van der Waals surface area (Å²) in [6, 6.07) is 0. The van der Waals surface area contributed by atoms with Gasteiger partial charge in [-0.1, -0.05) is 0 Å². The lowest BCUT2D eigenvalue weighted by atomic mass is 9.88. The minimum Gasteiger partial charge on any atom is -0.350 e. The number of carbonyl (C=O) groups excluding carboxylic acids is 1. The molecule has 3 heterocycles. The highest BCUT2D eigenvalue weighted by Crippen LogP contribution is 2.56. The van der Waals surface area contributed by atoms with Gasteiger partial charge in [0.25, 0.3) is 5.91 Å². The van der Waals surface area contributed by atoms with E-state index in [-0.39, 0.29) is 11.5 Å². The van der Waals surface area contributed by atoms with E-state index in [2.05, 4.69) is 17.3 Å². The second-order valence-electron chi connectivity index (χ2n) is 4.09. The van der Waals surface area contributed by atoms with Crippen molar-refractivity contribution in [3.8, 4) is 0 Å². The second kappa shape index (κ2) is 1.67. The number of rotatable bonds is 0. The quantitative estimate of drug-likeness (QED) is 0.470. The first-order valence-electron chi connectivity index (χ1n) is 4.36. The Kier molecular flexibility index (Phi) is 0.957. The molecule has 3 rings (SSSR count). The first kappa shape index (κ1) is 6.86. The molecule has 0 aromatic rings. The van der Waals surface area contributed by atoms with Gasteiger partial charge in [-0.2, -0.15) is 0 Å². The lowest BCUT2D eigenvalue weighted by Crippen LogP contribution is -2.45. The van der Waals surface area contributed by atoms with E-state index in [1.807, 2.05) is 0 Å². The van der Waals surface area contributed by atoms with Crippen molar-refractivity contribution in [2.45, 2.75) is 17.6 Å². The van der Waals surface area contributed by atoms with Crippen molar-refractivity contribution in [1.29, 1.82) is 0 Å². The van der Waals surface area contributed by atoms with Crippen LogP contribution in [-0.2, 0) is 9.53 Å². The molecule has 0 bridgehead atoms. The molecular formula is C8H12N2O2. The van der Waals surface area contributed by atoms with E-state index < -0.39 is 5.60 Å². The number of ether oxygens (including phenoxy) is 1. The average molecular weight is 168 g/mol. The van der Waals surface area contributed by atoms with Crippen molar-refractivity contribution in [2.24, 2.45) is 0 Å². The zero-order valence-electron chi connectivity index (χ0n) is 7.09. The maximum absolute atomic E-state index is 11.4. The van der Waals surface area contributed by atoms with Crippen LogP contribution in [0, 0.1) is 0 Å². The summed E-state index contributed by atoms with van der Waals surface area (Å²) in [5.74, 6) is 0.107. The summed E-state index contributed by atoms with van der Waals surface area (Å²) in [5.41, 5.74) is -0.573. The molecule has 66 valence electrons. The summed E-state index contributed by atoms with van der Waals surface area (Å²) in [5, 5.41) is 2.87. The minimum absolute atomic E-state index is 0.107. The van der Waals surface area contributed by atoms with Gasteiger partial charge >= 0.3 is 0 Å². The molecule has 1 amide bonds. The van der Waals surface area contributed by atoms with Crippen LogP contribution in [0.2, 0.25) is 0 Å². The van der Waals surface area contributed by atoms with Gasteiger partial charge in [0.15, 0.2) is 5.60 Å². The van der Waals surface area contributed by atoms with Gasteiger partial charge in [0.05, 0.1) is 6.54 Å². The molecule has 4 nitrogen and oxygen atoms in total. The van der Waals surface area contributed by atoms with E-state index in [4.69, 9.17) is 4.74 Å². The standard InChI is InChI=1S/C8H12N2O2/c1-10-3-2-8-6(11)9-4-7(8,5-10)12-8/h2-5H2,1H3,(H,9,11)/t7-,8-/m1/s1. The number of likely N-dealkylation sites (N-methyl/N-ethyl adjacent to an activating group) is 1. The number of epoxide rings is 1. The Hall–Kier alpha value is -0.610. The summed E-state index contributed by atoms with van der Waals surface area (Å²) in [6.07, 6.45) is 0.856. The third-order valence-electron chi connectivity index (χ3n) is 3.34. The Morgan fingerprint density at radius 2 is 2.50 bits per heavy atom. The van der Waals surface area contributed by atoms with E-state index in [0.29, 0.717) is 6.54 Å². The first-order chi connectivity index (χ1) is 5.69. The van der Waals surface area contributed by atoms with Gasteiger partial charge in [-0.3, -0.25) is 4.79 Å². The summed E-state index contributed by atoms with van der Waals surface area (Å²) < 4.78 is 5.62. The van der Waals surface area contributed by atoms with Gasteiger partial charge in [-0.05, 0) is 7.05 Å². The van der Waals surface area contributed by atoms with Crippen LogP contribution in [-0.4, -0.2) is 48.7 Å². The molecular weight excluding hydrogens is 156 g/mol. The monoisotopic (exact) mass is 168 g/mol. The lowest BCUT2D eigenvalue weighted by molar-refractivity contribution is -0.125. The third kappa shape index (κ3) is 0.528.